The maximum absolute atomic E-state index is 13.0. The minimum Gasteiger partial charge on any atom is -0.462 e. The summed E-state index contributed by atoms with van der Waals surface area (Å²) < 4.78 is 67.9. The molecule has 0 saturated heterocycles. The van der Waals surface area contributed by atoms with E-state index in [1.165, 1.54) is 135 Å². The molecule has 0 fully saturated rings. The summed E-state index contributed by atoms with van der Waals surface area (Å²) >= 11 is 0. The lowest BCUT2D eigenvalue weighted by Gasteiger charge is -2.21. The minimum absolute atomic E-state index is 0.0990. The van der Waals surface area contributed by atoms with Crippen LogP contribution in [0, 0.1) is 5.92 Å². The molecule has 0 saturated carbocycles. The van der Waals surface area contributed by atoms with Crippen molar-refractivity contribution in [3.8, 4) is 0 Å². The molecule has 17 nitrogen and oxygen atoms in total. The number of hydrogen-bond acceptors (Lipinski definition) is 15. The van der Waals surface area contributed by atoms with Gasteiger partial charge in [0.1, 0.15) is 19.3 Å². The van der Waals surface area contributed by atoms with Crippen molar-refractivity contribution < 1.29 is 80.2 Å². The van der Waals surface area contributed by atoms with E-state index in [2.05, 4.69) is 58.9 Å². The maximum atomic E-state index is 13.0. The van der Waals surface area contributed by atoms with E-state index in [0.29, 0.717) is 31.6 Å². The summed E-state index contributed by atoms with van der Waals surface area (Å²) in [4.78, 5) is 72.1. The summed E-state index contributed by atoms with van der Waals surface area (Å²) in [6, 6.07) is 0. The highest BCUT2D eigenvalue weighted by atomic mass is 31.2. The van der Waals surface area contributed by atoms with Gasteiger partial charge >= 0.3 is 39.5 Å². The Morgan fingerprint density at radius 2 is 0.607 bits per heavy atom. The molecule has 0 aromatic carbocycles. The number of ether oxygens (including phenoxy) is 4. The van der Waals surface area contributed by atoms with Crippen molar-refractivity contribution in [2.75, 3.05) is 39.6 Å². The number of unbranched alkanes of at least 4 members (excludes halogenated alkanes) is 37. The number of allylic oxidation sites excluding steroid dienone is 4. The minimum atomic E-state index is -4.96. The second kappa shape index (κ2) is 63.0. The molecule has 0 radical (unpaired) electrons. The molecule has 0 aromatic rings. The van der Waals surface area contributed by atoms with Crippen LogP contribution in [0.25, 0.3) is 0 Å². The zero-order valence-corrected chi connectivity index (χ0v) is 58.8. The molecule has 0 bridgehead atoms. The Bertz CT molecular complexity index is 1810. The lowest BCUT2D eigenvalue weighted by molar-refractivity contribution is -0.161. The van der Waals surface area contributed by atoms with Crippen LogP contribution in [0.5, 0.6) is 0 Å². The zero-order valence-electron chi connectivity index (χ0n) is 57.0. The van der Waals surface area contributed by atoms with Crippen molar-refractivity contribution in [3.05, 3.63) is 24.3 Å². The molecule has 89 heavy (non-hydrogen) atoms. The van der Waals surface area contributed by atoms with Gasteiger partial charge in [0.25, 0.3) is 0 Å². The first-order valence-electron chi connectivity index (χ1n) is 36.0. The molecule has 0 aromatic heterocycles. The molecule has 5 atom stereocenters. The molecule has 0 rings (SSSR count). The van der Waals surface area contributed by atoms with Gasteiger partial charge in [0.05, 0.1) is 26.4 Å². The van der Waals surface area contributed by atoms with E-state index in [-0.39, 0.29) is 25.7 Å². The summed E-state index contributed by atoms with van der Waals surface area (Å²) in [5, 5.41) is 10.5. The first kappa shape index (κ1) is 86.5. The fourth-order valence-corrected chi connectivity index (χ4v) is 11.7. The predicted octanol–water partition coefficient (Wildman–Crippen LogP) is 19.7. The van der Waals surface area contributed by atoms with E-state index in [0.717, 1.165) is 116 Å². The molecule has 0 heterocycles. The maximum Gasteiger partial charge on any atom is 0.472 e. The van der Waals surface area contributed by atoms with Gasteiger partial charge < -0.3 is 33.8 Å². The molecule has 0 amide bonds. The lowest BCUT2D eigenvalue weighted by atomic mass is 10.0. The summed E-state index contributed by atoms with van der Waals surface area (Å²) in [6.07, 6.45) is 52.9. The monoisotopic (exact) mass is 1310 g/mol. The van der Waals surface area contributed by atoms with Crippen LogP contribution >= 0.6 is 15.6 Å². The van der Waals surface area contributed by atoms with Gasteiger partial charge in [0.15, 0.2) is 12.2 Å². The molecular formula is C70H132O17P2. The Morgan fingerprint density at radius 3 is 0.921 bits per heavy atom. The first-order chi connectivity index (χ1) is 43.0. The van der Waals surface area contributed by atoms with E-state index >= 15 is 0 Å². The molecule has 524 valence electrons. The van der Waals surface area contributed by atoms with Gasteiger partial charge in [0, 0.05) is 25.7 Å². The fourth-order valence-electron chi connectivity index (χ4n) is 10.1. The third-order valence-corrected chi connectivity index (χ3v) is 17.6. The van der Waals surface area contributed by atoms with Crippen molar-refractivity contribution in [2.45, 2.75) is 355 Å². The SMILES string of the molecule is CCCCCC/C=C\C=C/CCCCCCCC(=O)OC[C@H](COP(=O)(O)OC[C@@H](O)COP(=O)(O)OC[C@@H](COC(=O)CCCCCCC)OC(=O)CCCCCCCCC(C)C)OC(=O)CCCCCCCCCCCCCCCCCCCCCC. The van der Waals surface area contributed by atoms with Crippen molar-refractivity contribution in [3.63, 3.8) is 0 Å². The van der Waals surface area contributed by atoms with Crippen molar-refractivity contribution in [1.82, 2.24) is 0 Å². The van der Waals surface area contributed by atoms with E-state index in [1.54, 1.807) is 0 Å². The third-order valence-electron chi connectivity index (χ3n) is 15.7. The number of aliphatic hydroxyl groups is 1. The van der Waals surface area contributed by atoms with Crippen molar-refractivity contribution >= 4 is 39.5 Å². The number of phosphoric ester groups is 2. The second-order valence-corrected chi connectivity index (χ2v) is 28.0. The Balaban J connectivity index is 5.16. The Kier molecular flexibility index (Phi) is 61.2. The number of esters is 4. The molecule has 0 aliphatic carbocycles. The van der Waals surface area contributed by atoms with Crippen molar-refractivity contribution in [1.29, 1.82) is 0 Å². The van der Waals surface area contributed by atoms with Gasteiger partial charge in [-0.1, -0.05) is 284 Å². The van der Waals surface area contributed by atoms with Gasteiger partial charge in [-0.05, 0) is 57.3 Å². The summed E-state index contributed by atoms with van der Waals surface area (Å²) in [7, 11) is -9.90. The van der Waals surface area contributed by atoms with Crippen LogP contribution in [0.15, 0.2) is 24.3 Å². The van der Waals surface area contributed by atoms with Crippen LogP contribution in [0.1, 0.15) is 336 Å². The van der Waals surface area contributed by atoms with Crippen LogP contribution < -0.4 is 0 Å². The van der Waals surface area contributed by atoms with E-state index in [4.69, 9.17) is 37.0 Å². The number of carbonyl (C=O) groups excluding carboxylic acids is 4. The lowest BCUT2D eigenvalue weighted by Crippen LogP contribution is -2.30. The normalized spacial score (nSPS) is 14.3. The summed E-state index contributed by atoms with van der Waals surface area (Å²) in [6.45, 7) is 6.98. The molecular weight excluding hydrogens is 1170 g/mol. The van der Waals surface area contributed by atoms with Crippen LogP contribution in [0.4, 0.5) is 0 Å². The second-order valence-electron chi connectivity index (χ2n) is 25.1. The van der Waals surface area contributed by atoms with Gasteiger partial charge in [0.2, 0.25) is 0 Å². The molecule has 0 aliphatic heterocycles. The number of hydrogen-bond donors (Lipinski definition) is 3. The topological polar surface area (TPSA) is 237 Å². The number of aliphatic hydroxyl groups excluding tert-OH is 1. The molecule has 2 unspecified atom stereocenters. The van der Waals surface area contributed by atoms with Gasteiger partial charge in [-0.2, -0.15) is 0 Å². The highest BCUT2D eigenvalue weighted by Crippen LogP contribution is 2.45. The highest BCUT2D eigenvalue weighted by molar-refractivity contribution is 7.47. The average molecular weight is 1310 g/mol. The van der Waals surface area contributed by atoms with Crippen molar-refractivity contribution in [2.24, 2.45) is 5.92 Å². The van der Waals surface area contributed by atoms with E-state index < -0.39 is 97.5 Å². The number of carbonyl (C=O) groups is 4. The van der Waals surface area contributed by atoms with Crippen LogP contribution in [0.3, 0.4) is 0 Å². The van der Waals surface area contributed by atoms with E-state index in [9.17, 15) is 43.2 Å². The van der Waals surface area contributed by atoms with Crippen LogP contribution in [0.2, 0.25) is 0 Å². The first-order valence-corrected chi connectivity index (χ1v) is 38.9. The smallest absolute Gasteiger partial charge is 0.462 e. The standard InChI is InChI=1S/C70H132O17P2/c1-6-9-12-15-17-19-21-23-25-26-27-28-29-31-33-35-37-39-45-50-55-69(74)86-66(60-81-68(73)54-49-44-38-36-34-32-30-24-22-20-18-16-13-10-7-2)62-85-89(78,79)83-58-64(71)57-82-88(76,77)84-61-65(59-80-67(72)53-48-42-14-11-8-3)87-70(75)56-51-46-41-40-43-47-52-63(4)5/h20,22,24,30,63-66,71H,6-19,21,23,25-29,31-62H2,1-5H3,(H,76,77)(H,78,79)/b22-20-,30-24-/t64-,65+,66+/m0/s1. The Hall–Kier alpha value is -2.46. The predicted molar refractivity (Wildman–Crippen MR) is 358 cm³/mol. The number of rotatable bonds is 68. The highest BCUT2D eigenvalue weighted by Gasteiger charge is 2.30. The van der Waals surface area contributed by atoms with Gasteiger partial charge in [-0.3, -0.25) is 37.3 Å². The largest absolute Gasteiger partial charge is 0.472 e. The quantitative estimate of drug-likeness (QED) is 0.0169. The summed E-state index contributed by atoms with van der Waals surface area (Å²) in [5.41, 5.74) is 0. The molecule has 0 spiro atoms. The summed E-state index contributed by atoms with van der Waals surface area (Å²) in [5.74, 6) is -1.50. The fraction of sp³-hybridized carbons (Fsp3) is 0.886. The van der Waals surface area contributed by atoms with Gasteiger partial charge in [-0.15, -0.1) is 0 Å². The molecule has 19 heteroatoms. The Labute approximate surface area is 542 Å². The Morgan fingerprint density at radius 1 is 0.348 bits per heavy atom. The molecule has 3 N–H and O–H groups in total. The van der Waals surface area contributed by atoms with Crippen LogP contribution in [-0.2, 0) is 65.4 Å². The van der Waals surface area contributed by atoms with Gasteiger partial charge in [-0.25, -0.2) is 9.13 Å². The molecule has 0 aliphatic rings. The third kappa shape index (κ3) is 64.1. The van der Waals surface area contributed by atoms with Crippen LogP contribution in [-0.4, -0.2) is 96.7 Å². The average Bonchev–Trinajstić information content (AvgIpc) is 3.60. The number of phosphoric acid groups is 2. The zero-order chi connectivity index (χ0) is 65.6. The van der Waals surface area contributed by atoms with E-state index in [1.807, 2.05) is 0 Å².